The van der Waals surface area contributed by atoms with Gasteiger partial charge in [0.1, 0.15) is 6.04 Å². The van der Waals surface area contributed by atoms with E-state index in [4.69, 9.17) is 10.5 Å². The van der Waals surface area contributed by atoms with Crippen LogP contribution in [0, 0.1) is 0 Å². The van der Waals surface area contributed by atoms with Crippen molar-refractivity contribution in [2.75, 3.05) is 6.61 Å². The highest BCUT2D eigenvalue weighted by Crippen LogP contribution is 2.14. The van der Waals surface area contributed by atoms with Crippen LogP contribution < -0.4 is 11.1 Å². The third-order valence-electron chi connectivity index (χ3n) is 3.23. The quantitative estimate of drug-likeness (QED) is 0.697. The molecule has 1 fully saturated rings. The summed E-state index contributed by atoms with van der Waals surface area (Å²) in [5.41, 5.74) is 5.72. The molecule has 1 heterocycles. The van der Waals surface area contributed by atoms with Crippen molar-refractivity contribution in [3.05, 3.63) is 0 Å². The molecule has 1 aliphatic heterocycles. The van der Waals surface area contributed by atoms with Crippen LogP contribution in [-0.2, 0) is 14.3 Å². The summed E-state index contributed by atoms with van der Waals surface area (Å²) in [4.78, 5) is 22.7. The summed E-state index contributed by atoms with van der Waals surface area (Å²) in [5.74, 6) is -0.186. The van der Waals surface area contributed by atoms with Crippen molar-refractivity contribution in [1.82, 2.24) is 5.32 Å². The van der Waals surface area contributed by atoms with E-state index in [9.17, 15) is 9.59 Å². The van der Waals surface area contributed by atoms with Crippen LogP contribution in [0.1, 0.15) is 51.9 Å². The normalized spacial score (nSPS) is 21.9. The molecule has 0 spiro atoms. The zero-order valence-electron chi connectivity index (χ0n) is 11.1. The van der Waals surface area contributed by atoms with E-state index in [0.717, 1.165) is 32.1 Å². The third-order valence-corrected chi connectivity index (χ3v) is 3.23. The Hall–Kier alpha value is -1.10. The highest BCUT2D eigenvalue weighted by molar-refractivity contribution is 5.76. The molecule has 104 valence electrons. The van der Waals surface area contributed by atoms with Gasteiger partial charge in [0.15, 0.2) is 0 Å². The van der Waals surface area contributed by atoms with E-state index in [-0.39, 0.29) is 17.9 Å². The average Bonchev–Trinajstić information content (AvgIpc) is 2.54. The SMILES string of the molecule is CCOC(=O)C(N)CCCC1CCCCC(=O)N1. The van der Waals surface area contributed by atoms with Crippen LogP contribution >= 0.6 is 0 Å². The Morgan fingerprint density at radius 1 is 1.56 bits per heavy atom. The number of nitrogens with one attached hydrogen (secondary N) is 1. The molecule has 0 bridgehead atoms. The molecular formula is C13H24N2O3. The van der Waals surface area contributed by atoms with Crippen LogP contribution in [0.3, 0.4) is 0 Å². The maximum atomic E-state index is 11.4. The minimum atomic E-state index is -0.536. The van der Waals surface area contributed by atoms with Gasteiger partial charge in [-0.15, -0.1) is 0 Å². The molecular weight excluding hydrogens is 232 g/mol. The van der Waals surface area contributed by atoms with Crippen molar-refractivity contribution in [2.45, 2.75) is 64.0 Å². The number of nitrogens with two attached hydrogens (primary N) is 1. The molecule has 0 saturated carbocycles. The molecule has 1 saturated heterocycles. The Morgan fingerprint density at radius 3 is 3.06 bits per heavy atom. The van der Waals surface area contributed by atoms with Gasteiger partial charge >= 0.3 is 5.97 Å². The highest BCUT2D eigenvalue weighted by Gasteiger charge is 2.18. The third kappa shape index (κ3) is 5.49. The minimum Gasteiger partial charge on any atom is -0.465 e. The maximum absolute atomic E-state index is 11.4. The lowest BCUT2D eigenvalue weighted by molar-refractivity contribution is -0.144. The summed E-state index contributed by atoms with van der Waals surface area (Å²) in [6.07, 6.45) is 6.08. The van der Waals surface area contributed by atoms with E-state index < -0.39 is 6.04 Å². The second-order valence-corrected chi connectivity index (χ2v) is 4.80. The molecule has 18 heavy (non-hydrogen) atoms. The van der Waals surface area contributed by atoms with Crippen molar-refractivity contribution in [1.29, 1.82) is 0 Å². The van der Waals surface area contributed by atoms with Crippen LogP contribution in [0.4, 0.5) is 0 Å². The number of carbonyl (C=O) groups is 2. The van der Waals surface area contributed by atoms with Gasteiger partial charge in [-0.1, -0.05) is 6.42 Å². The Balaban J connectivity index is 2.19. The van der Waals surface area contributed by atoms with Gasteiger partial charge in [-0.05, 0) is 39.0 Å². The topological polar surface area (TPSA) is 81.4 Å². The lowest BCUT2D eigenvalue weighted by atomic mass is 10.0. The lowest BCUT2D eigenvalue weighted by Crippen LogP contribution is -2.35. The van der Waals surface area contributed by atoms with Gasteiger partial charge in [-0.3, -0.25) is 9.59 Å². The van der Waals surface area contributed by atoms with Crippen molar-refractivity contribution in [3.8, 4) is 0 Å². The molecule has 0 radical (unpaired) electrons. The predicted molar refractivity (Wildman–Crippen MR) is 68.9 cm³/mol. The smallest absolute Gasteiger partial charge is 0.322 e. The first-order valence-corrected chi connectivity index (χ1v) is 6.85. The fourth-order valence-electron chi connectivity index (χ4n) is 2.22. The summed E-state index contributed by atoms with van der Waals surface area (Å²) >= 11 is 0. The molecule has 3 N–H and O–H groups in total. The zero-order valence-corrected chi connectivity index (χ0v) is 11.1. The number of esters is 1. The molecule has 0 aromatic rings. The average molecular weight is 256 g/mol. The van der Waals surface area contributed by atoms with E-state index in [1.807, 2.05) is 0 Å². The number of carbonyl (C=O) groups excluding carboxylic acids is 2. The van der Waals surface area contributed by atoms with Gasteiger partial charge in [0.05, 0.1) is 6.61 Å². The van der Waals surface area contributed by atoms with Crippen LogP contribution in [0.5, 0.6) is 0 Å². The van der Waals surface area contributed by atoms with E-state index >= 15 is 0 Å². The van der Waals surface area contributed by atoms with E-state index in [1.165, 1.54) is 0 Å². The van der Waals surface area contributed by atoms with Crippen LogP contribution in [0.15, 0.2) is 0 Å². The maximum Gasteiger partial charge on any atom is 0.322 e. The fourth-order valence-corrected chi connectivity index (χ4v) is 2.22. The van der Waals surface area contributed by atoms with Crippen LogP contribution in [-0.4, -0.2) is 30.6 Å². The Kier molecular flexibility index (Phi) is 6.72. The summed E-state index contributed by atoms with van der Waals surface area (Å²) in [6.45, 7) is 2.14. The summed E-state index contributed by atoms with van der Waals surface area (Å²) in [7, 11) is 0. The summed E-state index contributed by atoms with van der Waals surface area (Å²) in [5, 5.41) is 3.01. The first kappa shape index (κ1) is 15.0. The molecule has 0 aromatic carbocycles. The van der Waals surface area contributed by atoms with Gasteiger partial charge in [0, 0.05) is 12.5 Å². The molecule has 2 unspecified atom stereocenters. The zero-order chi connectivity index (χ0) is 13.4. The number of hydrogen-bond acceptors (Lipinski definition) is 4. The highest BCUT2D eigenvalue weighted by atomic mass is 16.5. The van der Waals surface area contributed by atoms with E-state index in [1.54, 1.807) is 6.92 Å². The molecule has 2 atom stereocenters. The van der Waals surface area contributed by atoms with Crippen molar-refractivity contribution in [2.24, 2.45) is 5.73 Å². The van der Waals surface area contributed by atoms with Crippen LogP contribution in [0.25, 0.3) is 0 Å². The lowest BCUT2D eigenvalue weighted by Gasteiger charge is -2.16. The Bertz CT molecular complexity index is 281. The van der Waals surface area contributed by atoms with E-state index in [2.05, 4.69) is 5.32 Å². The molecule has 0 aromatic heterocycles. The van der Waals surface area contributed by atoms with Crippen molar-refractivity contribution >= 4 is 11.9 Å². The summed E-state index contributed by atoms with van der Waals surface area (Å²) in [6, 6.07) is -0.291. The second-order valence-electron chi connectivity index (χ2n) is 4.80. The molecule has 1 amide bonds. The monoisotopic (exact) mass is 256 g/mol. The van der Waals surface area contributed by atoms with Crippen LogP contribution in [0.2, 0.25) is 0 Å². The van der Waals surface area contributed by atoms with Gasteiger partial charge in [0.25, 0.3) is 0 Å². The Morgan fingerprint density at radius 2 is 2.33 bits per heavy atom. The summed E-state index contributed by atoms with van der Waals surface area (Å²) < 4.78 is 4.85. The second kappa shape index (κ2) is 8.08. The van der Waals surface area contributed by atoms with Gasteiger partial charge in [-0.2, -0.15) is 0 Å². The molecule has 5 nitrogen and oxygen atoms in total. The standard InChI is InChI=1S/C13H24N2O3/c1-2-18-13(17)11(14)8-5-7-10-6-3-4-9-12(16)15-10/h10-11H,2-9,14H2,1H3,(H,15,16). The van der Waals surface area contributed by atoms with E-state index in [0.29, 0.717) is 19.4 Å². The molecule has 5 heteroatoms. The van der Waals surface area contributed by atoms with Gasteiger partial charge < -0.3 is 15.8 Å². The fraction of sp³-hybridized carbons (Fsp3) is 0.846. The molecule has 1 aliphatic rings. The molecule has 0 aliphatic carbocycles. The van der Waals surface area contributed by atoms with Crippen molar-refractivity contribution < 1.29 is 14.3 Å². The number of hydrogen-bond donors (Lipinski definition) is 2. The predicted octanol–water partition coefficient (Wildman–Crippen LogP) is 1.11. The van der Waals surface area contributed by atoms with Crippen molar-refractivity contribution in [3.63, 3.8) is 0 Å². The number of ether oxygens (including phenoxy) is 1. The largest absolute Gasteiger partial charge is 0.465 e. The number of amides is 1. The first-order chi connectivity index (χ1) is 8.63. The molecule has 1 rings (SSSR count). The number of rotatable bonds is 6. The van der Waals surface area contributed by atoms with Gasteiger partial charge in [0.2, 0.25) is 5.91 Å². The first-order valence-electron chi connectivity index (χ1n) is 6.85. The Labute approximate surface area is 108 Å². The van der Waals surface area contributed by atoms with Gasteiger partial charge in [-0.25, -0.2) is 0 Å². The minimum absolute atomic E-state index is 0.146.